The maximum Gasteiger partial charge on any atom is 0.175 e. The maximum absolute atomic E-state index is 12.5. The zero-order chi connectivity index (χ0) is 22.2. The van der Waals surface area contributed by atoms with Crippen molar-refractivity contribution in [2.24, 2.45) is 0 Å². The summed E-state index contributed by atoms with van der Waals surface area (Å²) >= 11 is 4.10. The predicted octanol–water partition coefficient (Wildman–Crippen LogP) is 6.28. The third kappa shape index (κ3) is 6.29. The molecule has 0 unspecified atom stereocenters. The summed E-state index contributed by atoms with van der Waals surface area (Å²) in [4.78, 5) is 24.7. The molecule has 1 aromatic heterocycles. The van der Waals surface area contributed by atoms with Crippen LogP contribution in [0.15, 0.2) is 93.6 Å². The van der Waals surface area contributed by atoms with Gasteiger partial charge in [0.25, 0.3) is 0 Å². The van der Waals surface area contributed by atoms with Gasteiger partial charge in [-0.05, 0) is 36.4 Å². The lowest BCUT2D eigenvalue weighted by atomic mass is 10.1. The number of hydrogen-bond acceptors (Lipinski definition) is 8. The van der Waals surface area contributed by atoms with E-state index in [1.54, 1.807) is 36.4 Å². The van der Waals surface area contributed by atoms with Crippen LogP contribution in [0.4, 0.5) is 0 Å². The van der Waals surface area contributed by atoms with Crippen LogP contribution in [-0.4, -0.2) is 33.3 Å². The number of ketones is 2. The molecule has 0 aliphatic heterocycles. The molecule has 0 N–H and O–H groups in total. The summed E-state index contributed by atoms with van der Waals surface area (Å²) < 4.78 is 7.17. The summed E-state index contributed by atoms with van der Waals surface area (Å²) in [5.74, 6) is 2.05. The maximum atomic E-state index is 12.5. The molecule has 4 rings (SSSR count). The molecule has 8 heteroatoms. The van der Waals surface area contributed by atoms with Gasteiger partial charge in [0.2, 0.25) is 0 Å². The standard InChI is InChI=1S/C24H18N2O3S3/c27-21(17-7-3-1-4-8-17)15-30-23-25-26-24(32-23)31-16-22(28)18-11-13-20(14-12-18)29-19-9-5-2-6-10-19/h1-14H,15-16H2. The van der Waals surface area contributed by atoms with Crippen molar-refractivity contribution in [3.8, 4) is 11.5 Å². The van der Waals surface area contributed by atoms with Crippen LogP contribution in [0.2, 0.25) is 0 Å². The normalized spacial score (nSPS) is 10.6. The van der Waals surface area contributed by atoms with Crippen LogP contribution in [0.1, 0.15) is 20.7 Å². The van der Waals surface area contributed by atoms with Crippen molar-refractivity contribution in [2.45, 2.75) is 8.68 Å². The molecule has 1 heterocycles. The molecule has 32 heavy (non-hydrogen) atoms. The number of hydrogen-bond donors (Lipinski definition) is 0. The highest BCUT2D eigenvalue weighted by Gasteiger charge is 2.13. The van der Waals surface area contributed by atoms with Crippen LogP contribution >= 0.6 is 34.9 Å². The van der Waals surface area contributed by atoms with Crippen molar-refractivity contribution < 1.29 is 14.3 Å². The zero-order valence-electron chi connectivity index (χ0n) is 16.8. The molecule has 0 amide bonds. The molecule has 3 aromatic carbocycles. The molecule has 0 spiro atoms. The van der Waals surface area contributed by atoms with Gasteiger partial charge in [0.1, 0.15) is 11.5 Å². The molecule has 0 bridgehead atoms. The van der Waals surface area contributed by atoms with E-state index in [4.69, 9.17) is 4.74 Å². The van der Waals surface area contributed by atoms with Crippen molar-refractivity contribution in [1.29, 1.82) is 0 Å². The highest BCUT2D eigenvalue weighted by atomic mass is 32.2. The number of benzene rings is 3. The molecule has 0 saturated carbocycles. The second kappa shape index (κ2) is 11.1. The lowest BCUT2D eigenvalue weighted by molar-refractivity contribution is 0.101. The number of para-hydroxylation sites is 1. The fourth-order valence-corrected chi connectivity index (χ4v) is 5.50. The van der Waals surface area contributed by atoms with E-state index in [2.05, 4.69) is 10.2 Å². The smallest absolute Gasteiger partial charge is 0.175 e. The fourth-order valence-electron chi connectivity index (χ4n) is 2.69. The summed E-state index contributed by atoms with van der Waals surface area (Å²) in [6.45, 7) is 0. The first-order valence-corrected chi connectivity index (χ1v) is 12.5. The second-order valence-corrected chi connectivity index (χ2v) is 9.99. The molecule has 0 atom stereocenters. The Hall–Kier alpha value is -2.94. The molecular weight excluding hydrogens is 460 g/mol. The van der Waals surface area contributed by atoms with Crippen molar-refractivity contribution >= 4 is 46.4 Å². The Morgan fingerprint density at radius 1 is 0.656 bits per heavy atom. The minimum Gasteiger partial charge on any atom is -0.457 e. The number of carbonyl (C=O) groups excluding carboxylic acids is 2. The summed E-state index contributed by atoms with van der Waals surface area (Å²) in [5.41, 5.74) is 1.30. The second-order valence-electron chi connectivity index (χ2n) is 6.56. The van der Waals surface area contributed by atoms with E-state index in [9.17, 15) is 9.59 Å². The van der Waals surface area contributed by atoms with Crippen molar-refractivity contribution in [3.63, 3.8) is 0 Å². The first kappa shape index (κ1) is 22.3. The molecule has 0 aliphatic rings. The number of rotatable bonds is 10. The van der Waals surface area contributed by atoms with Gasteiger partial charge in [-0.1, -0.05) is 83.4 Å². The van der Waals surface area contributed by atoms with Gasteiger partial charge in [-0.2, -0.15) is 0 Å². The predicted molar refractivity (Wildman–Crippen MR) is 129 cm³/mol. The highest BCUT2D eigenvalue weighted by molar-refractivity contribution is 8.03. The Kier molecular flexibility index (Phi) is 7.71. The van der Waals surface area contributed by atoms with E-state index in [-0.39, 0.29) is 17.3 Å². The highest BCUT2D eigenvalue weighted by Crippen LogP contribution is 2.30. The number of thioether (sulfide) groups is 2. The summed E-state index contributed by atoms with van der Waals surface area (Å²) in [6, 6.07) is 25.8. The fraction of sp³-hybridized carbons (Fsp3) is 0.0833. The Labute approximate surface area is 198 Å². The monoisotopic (exact) mass is 478 g/mol. The van der Waals surface area contributed by atoms with E-state index in [1.807, 2.05) is 48.5 Å². The molecular formula is C24H18N2O3S3. The van der Waals surface area contributed by atoms with E-state index in [0.29, 0.717) is 31.3 Å². The average Bonchev–Trinajstić information content (AvgIpc) is 3.30. The number of carbonyl (C=O) groups is 2. The Bertz CT molecular complexity index is 1180. The van der Waals surface area contributed by atoms with Crippen LogP contribution in [0.5, 0.6) is 11.5 Å². The molecule has 160 valence electrons. The van der Waals surface area contributed by atoms with Gasteiger partial charge in [-0.3, -0.25) is 9.59 Å². The van der Waals surface area contributed by atoms with E-state index >= 15 is 0 Å². The Morgan fingerprint density at radius 2 is 1.12 bits per heavy atom. The largest absolute Gasteiger partial charge is 0.457 e. The minimum atomic E-state index is 0.00456. The van der Waals surface area contributed by atoms with E-state index < -0.39 is 0 Å². The van der Waals surface area contributed by atoms with Crippen LogP contribution in [0.25, 0.3) is 0 Å². The van der Waals surface area contributed by atoms with Gasteiger partial charge in [0.05, 0.1) is 11.5 Å². The molecule has 0 fully saturated rings. The summed E-state index contributed by atoms with van der Waals surface area (Å²) in [7, 11) is 0. The van der Waals surface area contributed by atoms with Crippen LogP contribution in [0, 0.1) is 0 Å². The summed E-state index contributed by atoms with van der Waals surface area (Å²) in [5, 5.41) is 8.24. The molecule has 0 aliphatic carbocycles. The summed E-state index contributed by atoms with van der Waals surface area (Å²) in [6.07, 6.45) is 0. The van der Waals surface area contributed by atoms with Crippen molar-refractivity contribution in [3.05, 3.63) is 96.1 Å². The number of ether oxygens (including phenoxy) is 1. The van der Waals surface area contributed by atoms with E-state index in [1.165, 1.54) is 34.9 Å². The third-order valence-corrected chi connectivity index (χ3v) is 7.48. The van der Waals surface area contributed by atoms with Gasteiger partial charge in [0.15, 0.2) is 20.2 Å². The van der Waals surface area contributed by atoms with Gasteiger partial charge < -0.3 is 4.74 Å². The molecule has 0 saturated heterocycles. The number of Topliss-reactive ketones (excluding diaryl/α,β-unsaturated/α-hetero) is 2. The average molecular weight is 479 g/mol. The Balaban J connectivity index is 1.25. The number of nitrogens with zero attached hydrogens (tertiary/aromatic N) is 2. The quantitative estimate of drug-likeness (QED) is 0.196. The van der Waals surface area contributed by atoms with Crippen LogP contribution < -0.4 is 4.74 Å². The molecule has 4 aromatic rings. The number of aromatic nitrogens is 2. The van der Waals surface area contributed by atoms with E-state index in [0.717, 1.165) is 5.75 Å². The van der Waals surface area contributed by atoms with Crippen molar-refractivity contribution in [2.75, 3.05) is 11.5 Å². The van der Waals surface area contributed by atoms with Crippen molar-refractivity contribution in [1.82, 2.24) is 10.2 Å². The molecule has 5 nitrogen and oxygen atoms in total. The van der Waals surface area contributed by atoms with Gasteiger partial charge in [-0.15, -0.1) is 10.2 Å². The topological polar surface area (TPSA) is 69.2 Å². The molecule has 0 radical (unpaired) electrons. The Morgan fingerprint density at radius 3 is 1.69 bits per heavy atom. The first-order valence-electron chi connectivity index (χ1n) is 9.71. The SMILES string of the molecule is O=C(CSc1nnc(SCC(=O)c2ccc(Oc3ccccc3)cc2)s1)c1ccccc1. The minimum absolute atomic E-state index is 0.00456. The lowest BCUT2D eigenvalue weighted by Crippen LogP contribution is -2.02. The van der Waals surface area contributed by atoms with Gasteiger partial charge in [0, 0.05) is 11.1 Å². The zero-order valence-corrected chi connectivity index (χ0v) is 19.3. The van der Waals surface area contributed by atoms with Crippen LogP contribution in [0.3, 0.4) is 0 Å². The lowest BCUT2D eigenvalue weighted by Gasteiger charge is -2.06. The van der Waals surface area contributed by atoms with Gasteiger partial charge >= 0.3 is 0 Å². The third-order valence-electron chi connectivity index (χ3n) is 4.29. The van der Waals surface area contributed by atoms with Gasteiger partial charge in [-0.25, -0.2) is 0 Å². The van der Waals surface area contributed by atoms with Crippen LogP contribution in [-0.2, 0) is 0 Å². The first-order chi connectivity index (χ1) is 15.7.